The summed E-state index contributed by atoms with van der Waals surface area (Å²) in [7, 11) is 0. The highest BCUT2D eigenvalue weighted by Gasteiger charge is 2.32. The van der Waals surface area contributed by atoms with Crippen molar-refractivity contribution in [1.82, 2.24) is 10.2 Å². The van der Waals surface area contributed by atoms with Gasteiger partial charge >= 0.3 is 0 Å². The summed E-state index contributed by atoms with van der Waals surface area (Å²) in [6.07, 6.45) is 1.66. The first-order valence-corrected chi connectivity index (χ1v) is 12.5. The van der Waals surface area contributed by atoms with E-state index in [1.807, 2.05) is 47.4 Å². The fourth-order valence-corrected chi connectivity index (χ4v) is 5.35. The lowest BCUT2D eigenvalue weighted by Gasteiger charge is -2.24. The van der Waals surface area contributed by atoms with Gasteiger partial charge in [-0.3, -0.25) is 9.59 Å². The van der Waals surface area contributed by atoms with E-state index in [0.717, 1.165) is 24.0 Å². The number of rotatable bonds is 8. The van der Waals surface area contributed by atoms with Gasteiger partial charge in [0, 0.05) is 12.1 Å². The smallest absolute Gasteiger partial charge is 0.251 e. The van der Waals surface area contributed by atoms with Gasteiger partial charge in [0.25, 0.3) is 5.91 Å². The number of carbonyl (C=O) groups is 2. The zero-order valence-electron chi connectivity index (χ0n) is 19.2. The molecule has 1 saturated heterocycles. The Morgan fingerprint density at radius 2 is 1.73 bits per heavy atom. The summed E-state index contributed by atoms with van der Waals surface area (Å²) < 4.78 is 0. The van der Waals surface area contributed by atoms with Crippen molar-refractivity contribution in [1.29, 1.82) is 0 Å². The second kappa shape index (κ2) is 10.7. The van der Waals surface area contributed by atoms with Crippen molar-refractivity contribution >= 4 is 23.6 Å². The minimum atomic E-state index is -0.0786. The minimum Gasteiger partial charge on any atom is -0.345 e. The SMILES string of the molecule is CC[C@@H](NC(=O)c1ccc([C@H]2SCC(=O)N2CCc2ccccc2)cc1)c1ccc(C)cc1. The van der Waals surface area contributed by atoms with E-state index in [-0.39, 0.29) is 23.2 Å². The molecule has 5 heteroatoms. The summed E-state index contributed by atoms with van der Waals surface area (Å²) in [4.78, 5) is 27.3. The predicted octanol–water partition coefficient (Wildman–Crippen LogP) is 5.69. The van der Waals surface area contributed by atoms with Crippen LogP contribution in [0.3, 0.4) is 0 Å². The van der Waals surface area contributed by atoms with Crippen molar-refractivity contribution < 1.29 is 9.59 Å². The fraction of sp³-hybridized carbons (Fsp3) is 0.286. The quantitative estimate of drug-likeness (QED) is 0.472. The van der Waals surface area contributed by atoms with Gasteiger partial charge in [-0.1, -0.05) is 79.2 Å². The van der Waals surface area contributed by atoms with Crippen molar-refractivity contribution in [3.05, 3.63) is 107 Å². The molecule has 0 unspecified atom stereocenters. The number of hydrogen-bond acceptors (Lipinski definition) is 3. The highest BCUT2D eigenvalue weighted by Crippen LogP contribution is 2.38. The van der Waals surface area contributed by atoms with Gasteiger partial charge in [-0.15, -0.1) is 11.8 Å². The molecule has 1 N–H and O–H groups in total. The maximum absolute atomic E-state index is 12.9. The second-order valence-electron chi connectivity index (χ2n) is 8.45. The summed E-state index contributed by atoms with van der Waals surface area (Å²) in [5, 5.41) is 3.15. The lowest BCUT2D eigenvalue weighted by Crippen LogP contribution is -2.30. The Labute approximate surface area is 200 Å². The fourth-order valence-electron chi connectivity index (χ4n) is 4.13. The Morgan fingerprint density at radius 3 is 2.39 bits per heavy atom. The van der Waals surface area contributed by atoms with Crippen LogP contribution in [-0.2, 0) is 11.2 Å². The molecule has 0 bridgehead atoms. The lowest BCUT2D eigenvalue weighted by atomic mass is 10.0. The Bertz CT molecular complexity index is 1080. The lowest BCUT2D eigenvalue weighted by molar-refractivity contribution is -0.128. The number of carbonyl (C=O) groups excluding carboxylic acids is 2. The molecule has 33 heavy (non-hydrogen) atoms. The molecular weight excluding hydrogens is 428 g/mol. The molecule has 170 valence electrons. The highest BCUT2D eigenvalue weighted by molar-refractivity contribution is 8.00. The van der Waals surface area contributed by atoms with E-state index in [0.29, 0.717) is 17.9 Å². The van der Waals surface area contributed by atoms with E-state index in [1.54, 1.807) is 11.8 Å². The molecule has 1 aliphatic rings. The van der Waals surface area contributed by atoms with Crippen LogP contribution in [0.5, 0.6) is 0 Å². The van der Waals surface area contributed by atoms with E-state index < -0.39 is 0 Å². The first-order valence-electron chi connectivity index (χ1n) is 11.5. The normalized spacial score (nSPS) is 16.6. The number of nitrogens with zero attached hydrogens (tertiary/aromatic N) is 1. The number of benzene rings is 3. The zero-order chi connectivity index (χ0) is 23.2. The number of amides is 2. The van der Waals surface area contributed by atoms with Gasteiger partial charge in [0.05, 0.1) is 11.8 Å². The van der Waals surface area contributed by atoms with Crippen molar-refractivity contribution in [2.45, 2.75) is 38.1 Å². The third-order valence-electron chi connectivity index (χ3n) is 6.10. The maximum Gasteiger partial charge on any atom is 0.251 e. The van der Waals surface area contributed by atoms with Gasteiger partial charge in [0.15, 0.2) is 0 Å². The molecule has 4 nitrogen and oxygen atoms in total. The van der Waals surface area contributed by atoms with Crippen molar-refractivity contribution in [3.8, 4) is 0 Å². The van der Waals surface area contributed by atoms with Gasteiger partial charge in [-0.05, 0) is 48.6 Å². The van der Waals surface area contributed by atoms with E-state index in [4.69, 9.17) is 0 Å². The molecule has 1 heterocycles. The topological polar surface area (TPSA) is 49.4 Å². The molecule has 4 rings (SSSR count). The molecule has 0 aromatic heterocycles. The van der Waals surface area contributed by atoms with Gasteiger partial charge in [-0.2, -0.15) is 0 Å². The molecule has 0 saturated carbocycles. The van der Waals surface area contributed by atoms with Crippen molar-refractivity contribution in [3.63, 3.8) is 0 Å². The Morgan fingerprint density at radius 1 is 1.03 bits per heavy atom. The molecule has 0 spiro atoms. The van der Waals surface area contributed by atoms with Crippen molar-refractivity contribution in [2.24, 2.45) is 0 Å². The number of nitrogens with one attached hydrogen (secondary N) is 1. The number of thioether (sulfide) groups is 1. The van der Waals surface area contributed by atoms with E-state index in [1.165, 1.54) is 11.1 Å². The van der Waals surface area contributed by atoms with E-state index >= 15 is 0 Å². The van der Waals surface area contributed by atoms with Crippen LogP contribution in [0.15, 0.2) is 78.9 Å². The second-order valence-corrected chi connectivity index (χ2v) is 9.52. The summed E-state index contributed by atoms with van der Waals surface area (Å²) >= 11 is 1.65. The van der Waals surface area contributed by atoms with E-state index in [2.05, 4.69) is 55.6 Å². The monoisotopic (exact) mass is 458 g/mol. The standard InChI is InChI=1S/C28H30N2O2S/c1-3-25(22-11-9-20(2)10-12-22)29-27(32)23-13-15-24(16-14-23)28-30(26(31)19-33-28)18-17-21-7-5-4-6-8-21/h4-16,25,28H,3,17-19H2,1-2H3,(H,29,32)/t25-,28-/m1/s1. The molecule has 3 aromatic carbocycles. The first-order chi connectivity index (χ1) is 16.0. The highest BCUT2D eigenvalue weighted by atomic mass is 32.2. The van der Waals surface area contributed by atoms with Gasteiger partial charge in [0.2, 0.25) is 5.91 Å². The molecule has 0 radical (unpaired) electrons. The van der Waals surface area contributed by atoms with Gasteiger partial charge in [-0.25, -0.2) is 0 Å². The largest absolute Gasteiger partial charge is 0.345 e. The van der Waals surface area contributed by atoms with Crippen molar-refractivity contribution in [2.75, 3.05) is 12.3 Å². The Hall–Kier alpha value is -3.05. The van der Waals surface area contributed by atoms with Crippen LogP contribution in [0.2, 0.25) is 0 Å². The van der Waals surface area contributed by atoms with Crippen LogP contribution in [0.25, 0.3) is 0 Å². The van der Waals surface area contributed by atoms with E-state index in [9.17, 15) is 9.59 Å². The predicted molar refractivity (Wildman–Crippen MR) is 135 cm³/mol. The zero-order valence-corrected chi connectivity index (χ0v) is 20.0. The van der Waals surface area contributed by atoms with Crippen LogP contribution in [-0.4, -0.2) is 29.0 Å². The molecule has 2 amide bonds. The third-order valence-corrected chi connectivity index (χ3v) is 7.36. The maximum atomic E-state index is 12.9. The molecular formula is C28H30N2O2S. The van der Waals surface area contributed by atoms with Gasteiger partial charge in [0.1, 0.15) is 5.37 Å². The molecule has 0 aliphatic carbocycles. The Kier molecular flexibility index (Phi) is 7.50. The van der Waals surface area contributed by atoms with Crippen LogP contribution in [0, 0.1) is 6.92 Å². The van der Waals surface area contributed by atoms with Crippen LogP contribution >= 0.6 is 11.8 Å². The Balaban J connectivity index is 1.41. The molecule has 3 aromatic rings. The van der Waals surface area contributed by atoms with Gasteiger partial charge < -0.3 is 10.2 Å². The average Bonchev–Trinajstić information content (AvgIpc) is 3.22. The average molecular weight is 459 g/mol. The summed E-state index contributed by atoms with van der Waals surface area (Å²) in [5.74, 6) is 0.591. The summed E-state index contributed by atoms with van der Waals surface area (Å²) in [6, 6.07) is 26.2. The molecule has 2 atom stereocenters. The van der Waals surface area contributed by atoms with Crippen LogP contribution < -0.4 is 5.32 Å². The third kappa shape index (κ3) is 5.66. The first kappa shape index (κ1) is 23.1. The summed E-state index contributed by atoms with van der Waals surface area (Å²) in [6.45, 7) is 4.83. The number of hydrogen-bond donors (Lipinski definition) is 1. The van der Waals surface area contributed by atoms with Crippen LogP contribution in [0.4, 0.5) is 0 Å². The molecule has 1 fully saturated rings. The summed E-state index contributed by atoms with van der Waals surface area (Å²) in [5.41, 5.74) is 5.24. The number of aryl methyl sites for hydroxylation is 1. The minimum absolute atomic E-state index is 0.00530. The van der Waals surface area contributed by atoms with Crippen LogP contribution in [0.1, 0.15) is 57.4 Å². The molecule has 1 aliphatic heterocycles.